The SMILES string of the molecule is Cc1cc(C(C)(C)C)ccc1N1c2cc3c(cc2B2c4c(cc(-c5ccccc5)cc41)-c1ccc4ccccc4c1N2c1ccc2c(c1)-c1ccccc1C2(C)C)-c1ccccc1C3(C)C. The van der Waals surface area contributed by atoms with Gasteiger partial charge in [0.25, 0.3) is 0 Å². The van der Waals surface area contributed by atoms with Gasteiger partial charge in [-0.3, -0.25) is 0 Å². The number of rotatable bonds is 3. The summed E-state index contributed by atoms with van der Waals surface area (Å²) in [6.45, 7) is 18.7. The molecule has 2 aliphatic carbocycles. The van der Waals surface area contributed by atoms with Gasteiger partial charge in [0.1, 0.15) is 0 Å². The van der Waals surface area contributed by atoms with Crippen molar-refractivity contribution in [3.63, 3.8) is 0 Å². The van der Waals surface area contributed by atoms with E-state index < -0.39 is 0 Å². The summed E-state index contributed by atoms with van der Waals surface area (Å²) in [5.41, 5.74) is 27.1. The summed E-state index contributed by atoms with van der Waals surface area (Å²) < 4.78 is 0. The third-order valence-electron chi connectivity index (χ3n) is 15.9. The van der Waals surface area contributed by atoms with E-state index in [2.05, 4.69) is 241 Å². The van der Waals surface area contributed by atoms with Gasteiger partial charge in [0.05, 0.1) is 0 Å². The summed E-state index contributed by atoms with van der Waals surface area (Å²) in [6, 6.07) is 67.7. The number of nitrogens with zero attached hydrogens (tertiary/aromatic N) is 2. The zero-order valence-corrected chi connectivity index (χ0v) is 39.2. The second-order valence-corrected chi connectivity index (χ2v) is 21.4. The lowest BCUT2D eigenvalue weighted by atomic mass is 9.43. The lowest BCUT2D eigenvalue weighted by Gasteiger charge is -2.47. The Kier molecular flexibility index (Phi) is 8.03. The van der Waals surface area contributed by atoms with Crippen LogP contribution in [0.25, 0.3) is 55.3 Å². The minimum Gasteiger partial charge on any atom is -0.376 e. The summed E-state index contributed by atoms with van der Waals surface area (Å²) in [6.07, 6.45) is 0. The largest absolute Gasteiger partial charge is 0.376 e. The van der Waals surface area contributed by atoms with Gasteiger partial charge in [-0.1, -0.05) is 188 Å². The highest BCUT2D eigenvalue weighted by Gasteiger charge is 2.48. The van der Waals surface area contributed by atoms with Crippen molar-refractivity contribution in [3.8, 4) is 44.5 Å². The average molecular weight is 849 g/mol. The van der Waals surface area contributed by atoms with Crippen LogP contribution < -0.4 is 20.6 Å². The molecule has 4 aliphatic rings. The molecule has 0 spiro atoms. The van der Waals surface area contributed by atoms with Crippen LogP contribution in [0.3, 0.4) is 0 Å². The van der Waals surface area contributed by atoms with Crippen molar-refractivity contribution in [2.75, 3.05) is 9.71 Å². The number of anilines is 5. The van der Waals surface area contributed by atoms with E-state index in [0.717, 1.165) is 0 Å². The van der Waals surface area contributed by atoms with E-state index in [9.17, 15) is 0 Å². The molecule has 0 saturated carbocycles. The van der Waals surface area contributed by atoms with E-state index in [4.69, 9.17) is 0 Å². The van der Waals surface area contributed by atoms with Gasteiger partial charge in [0.15, 0.2) is 0 Å². The Morgan fingerprint density at radius 1 is 0.455 bits per heavy atom. The first kappa shape index (κ1) is 39.3. The minimum atomic E-state index is -0.176. The maximum absolute atomic E-state index is 2.74. The van der Waals surface area contributed by atoms with Crippen molar-refractivity contribution in [1.82, 2.24) is 0 Å². The maximum atomic E-state index is 2.74. The van der Waals surface area contributed by atoms with Crippen LogP contribution in [0.2, 0.25) is 0 Å². The highest BCUT2D eigenvalue weighted by molar-refractivity contribution is 6.94. The Bertz CT molecular complexity index is 3550. The molecular formula is C63H53BN2. The molecule has 318 valence electrons. The van der Waals surface area contributed by atoms with Crippen LogP contribution in [0, 0.1) is 6.92 Å². The number of benzene rings is 9. The molecule has 0 bridgehead atoms. The predicted molar refractivity (Wildman–Crippen MR) is 282 cm³/mol. The Morgan fingerprint density at radius 3 is 1.83 bits per heavy atom. The van der Waals surface area contributed by atoms with Crippen LogP contribution in [0.15, 0.2) is 176 Å². The molecule has 0 fully saturated rings. The van der Waals surface area contributed by atoms with Crippen molar-refractivity contribution in [3.05, 3.63) is 209 Å². The molecular weight excluding hydrogens is 796 g/mol. The van der Waals surface area contributed by atoms with Crippen LogP contribution in [-0.2, 0) is 16.2 Å². The number of hydrogen-bond acceptors (Lipinski definition) is 2. The van der Waals surface area contributed by atoms with Gasteiger partial charge < -0.3 is 9.71 Å². The molecule has 2 nitrogen and oxygen atoms in total. The van der Waals surface area contributed by atoms with Gasteiger partial charge in [-0.15, -0.1) is 0 Å². The van der Waals surface area contributed by atoms with Gasteiger partial charge in [-0.2, -0.15) is 0 Å². The fourth-order valence-corrected chi connectivity index (χ4v) is 12.5. The third-order valence-corrected chi connectivity index (χ3v) is 15.9. The molecule has 3 heteroatoms. The lowest BCUT2D eigenvalue weighted by Crippen LogP contribution is -2.61. The molecule has 2 heterocycles. The Balaban J connectivity index is 1.19. The smallest absolute Gasteiger partial charge is 0.333 e. The van der Waals surface area contributed by atoms with Crippen molar-refractivity contribution >= 4 is 57.0 Å². The Hall–Kier alpha value is -7.10. The van der Waals surface area contributed by atoms with Gasteiger partial charge >= 0.3 is 6.85 Å². The molecule has 0 aromatic heterocycles. The number of aryl methyl sites for hydroxylation is 1. The second kappa shape index (κ2) is 13.5. The Labute approximate surface area is 390 Å². The Morgan fingerprint density at radius 2 is 1.11 bits per heavy atom. The summed E-state index contributed by atoms with van der Waals surface area (Å²) >= 11 is 0. The van der Waals surface area contributed by atoms with Gasteiger partial charge in [-0.05, 0) is 137 Å². The molecule has 0 unspecified atom stereocenters. The van der Waals surface area contributed by atoms with E-state index in [1.807, 2.05) is 0 Å². The number of hydrogen-bond donors (Lipinski definition) is 0. The molecule has 13 rings (SSSR count). The van der Waals surface area contributed by atoms with Crippen LogP contribution in [0.5, 0.6) is 0 Å². The average Bonchev–Trinajstić information content (AvgIpc) is 3.69. The van der Waals surface area contributed by atoms with Crippen LogP contribution in [-0.4, -0.2) is 6.85 Å². The predicted octanol–water partition coefficient (Wildman–Crippen LogP) is 15.4. The van der Waals surface area contributed by atoms with Crippen molar-refractivity contribution in [2.24, 2.45) is 0 Å². The fourth-order valence-electron chi connectivity index (χ4n) is 12.5. The molecule has 0 radical (unpaired) electrons. The molecule has 9 aromatic carbocycles. The van der Waals surface area contributed by atoms with Crippen molar-refractivity contribution in [1.29, 1.82) is 0 Å². The summed E-state index contributed by atoms with van der Waals surface area (Å²) in [5, 5.41) is 2.51. The van der Waals surface area contributed by atoms with E-state index in [0.29, 0.717) is 0 Å². The molecule has 0 saturated heterocycles. The lowest BCUT2D eigenvalue weighted by molar-refractivity contribution is 0.590. The maximum Gasteiger partial charge on any atom is 0.333 e. The van der Waals surface area contributed by atoms with Crippen molar-refractivity contribution in [2.45, 2.75) is 71.6 Å². The second-order valence-electron chi connectivity index (χ2n) is 21.4. The first-order chi connectivity index (χ1) is 31.8. The van der Waals surface area contributed by atoms with E-state index in [1.165, 1.54) is 128 Å². The third kappa shape index (κ3) is 5.32. The first-order valence-corrected chi connectivity index (χ1v) is 23.8. The van der Waals surface area contributed by atoms with Crippen molar-refractivity contribution < 1.29 is 0 Å². The quantitative estimate of drug-likeness (QED) is 0.163. The minimum absolute atomic E-state index is 0.0236. The van der Waals surface area contributed by atoms with E-state index in [-0.39, 0.29) is 23.1 Å². The highest BCUT2D eigenvalue weighted by atomic mass is 15.2. The normalized spacial score (nSPS) is 15.4. The fraction of sp³-hybridized carbons (Fsp3) is 0.175. The van der Waals surface area contributed by atoms with Gasteiger partial charge in [0, 0.05) is 50.2 Å². The summed E-state index contributed by atoms with van der Waals surface area (Å²) in [5.74, 6) is 0. The molecule has 9 aromatic rings. The highest BCUT2D eigenvalue weighted by Crippen LogP contribution is 2.56. The molecule has 2 aliphatic heterocycles. The monoisotopic (exact) mass is 848 g/mol. The van der Waals surface area contributed by atoms with Crippen LogP contribution >= 0.6 is 0 Å². The van der Waals surface area contributed by atoms with Gasteiger partial charge in [-0.25, -0.2) is 0 Å². The standard InChI is InChI=1S/C63H53BN2/c1-38-32-42(61(2,3)4)27-31-56(38)65-57-37-54-49(46-23-15-17-25-52(46)63(54,7)8)36-55(57)64-59-50(33-41(34-58(59)65)39-18-10-9-11-19-39)47-29-26-40-20-12-13-21-44(40)60(47)66(64)43-28-30-53-48(35-43)45-22-14-16-24-51(45)62(53,5)6/h9-37H,1-8H3. The summed E-state index contributed by atoms with van der Waals surface area (Å²) in [7, 11) is 0. The molecule has 0 N–H and O–H groups in total. The first-order valence-electron chi connectivity index (χ1n) is 23.8. The zero-order chi connectivity index (χ0) is 45.0. The number of fused-ring (bicyclic) bond motifs is 12. The van der Waals surface area contributed by atoms with Gasteiger partial charge in [0.2, 0.25) is 0 Å². The molecule has 0 amide bonds. The topological polar surface area (TPSA) is 6.48 Å². The zero-order valence-electron chi connectivity index (χ0n) is 39.2. The van der Waals surface area contributed by atoms with E-state index in [1.54, 1.807) is 0 Å². The van der Waals surface area contributed by atoms with Crippen LogP contribution in [0.1, 0.15) is 81.8 Å². The van der Waals surface area contributed by atoms with E-state index >= 15 is 0 Å². The molecule has 66 heavy (non-hydrogen) atoms. The molecule has 0 atom stereocenters. The summed E-state index contributed by atoms with van der Waals surface area (Å²) in [4.78, 5) is 5.38. The van der Waals surface area contributed by atoms with Crippen LogP contribution in [0.4, 0.5) is 28.4 Å².